The van der Waals surface area contributed by atoms with Crippen LogP contribution in [0.5, 0.6) is 0 Å². The Morgan fingerprint density at radius 3 is 3.00 bits per heavy atom. The van der Waals surface area contributed by atoms with Crippen molar-refractivity contribution in [1.82, 2.24) is 10.5 Å². The Morgan fingerprint density at radius 1 is 1.75 bits per heavy atom. The van der Waals surface area contributed by atoms with E-state index in [2.05, 4.69) is 10.5 Å². The van der Waals surface area contributed by atoms with E-state index in [-0.39, 0.29) is 5.91 Å². The van der Waals surface area contributed by atoms with Crippen LogP contribution in [0.3, 0.4) is 0 Å². The lowest BCUT2D eigenvalue weighted by Crippen LogP contribution is -2.24. The second-order valence-electron chi connectivity index (χ2n) is 2.58. The maximum Gasteiger partial charge on any atom is 0.273 e. The summed E-state index contributed by atoms with van der Waals surface area (Å²) < 4.78 is 4.75. The highest BCUT2D eigenvalue weighted by molar-refractivity contribution is 5.92. The molecule has 0 spiro atoms. The molecule has 12 heavy (non-hydrogen) atoms. The monoisotopic (exact) mass is 168 g/mol. The Kier molecular flexibility index (Phi) is 2.85. The first-order valence-electron chi connectivity index (χ1n) is 3.95. The minimum atomic E-state index is -0.172. The van der Waals surface area contributed by atoms with Crippen LogP contribution in [0.25, 0.3) is 0 Å². The Bertz CT molecular complexity index is 268. The summed E-state index contributed by atoms with van der Waals surface area (Å²) in [7, 11) is 0. The summed E-state index contributed by atoms with van der Waals surface area (Å²) in [4.78, 5) is 11.2. The summed E-state index contributed by atoms with van der Waals surface area (Å²) in [6, 6.07) is 1.62. The highest BCUT2D eigenvalue weighted by Gasteiger charge is 2.08. The summed E-state index contributed by atoms with van der Waals surface area (Å²) >= 11 is 0. The summed E-state index contributed by atoms with van der Waals surface area (Å²) in [5, 5.41) is 6.28. The first-order valence-corrected chi connectivity index (χ1v) is 3.95. The molecule has 0 saturated carbocycles. The second-order valence-corrected chi connectivity index (χ2v) is 2.58. The molecule has 0 aromatic carbocycles. The van der Waals surface area contributed by atoms with Gasteiger partial charge in [-0.2, -0.15) is 0 Å². The third-order valence-corrected chi connectivity index (χ3v) is 1.40. The summed E-state index contributed by atoms with van der Waals surface area (Å²) in [5.74, 6) is 0.477. The molecule has 0 unspecified atom stereocenters. The number of amides is 1. The molecule has 1 amide bonds. The lowest BCUT2D eigenvalue weighted by Gasteiger charge is -1.97. The van der Waals surface area contributed by atoms with E-state index < -0.39 is 0 Å². The molecule has 1 N–H and O–H groups in total. The molecule has 1 heterocycles. The van der Waals surface area contributed by atoms with Crippen molar-refractivity contribution in [3.8, 4) is 0 Å². The molecule has 1 aromatic rings. The normalized spacial score (nSPS) is 9.83. The zero-order chi connectivity index (χ0) is 8.97. The Morgan fingerprint density at radius 2 is 2.50 bits per heavy atom. The van der Waals surface area contributed by atoms with Gasteiger partial charge >= 0.3 is 0 Å². The van der Waals surface area contributed by atoms with Crippen molar-refractivity contribution in [2.75, 3.05) is 6.54 Å². The van der Waals surface area contributed by atoms with E-state index in [1.165, 1.54) is 0 Å². The van der Waals surface area contributed by atoms with Crippen molar-refractivity contribution in [1.29, 1.82) is 0 Å². The number of aromatic nitrogens is 1. The van der Waals surface area contributed by atoms with Gasteiger partial charge in [0.25, 0.3) is 5.91 Å². The lowest BCUT2D eigenvalue weighted by atomic mass is 10.3. The molecule has 66 valence electrons. The molecule has 0 aliphatic rings. The van der Waals surface area contributed by atoms with Gasteiger partial charge in [0.05, 0.1) is 0 Å². The van der Waals surface area contributed by atoms with Crippen molar-refractivity contribution >= 4 is 5.91 Å². The van der Waals surface area contributed by atoms with Gasteiger partial charge in [0.1, 0.15) is 5.76 Å². The molecule has 0 saturated heterocycles. The molecule has 0 bridgehead atoms. The van der Waals surface area contributed by atoms with Crippen molar-refractivity contribution < 1.29 is 9.32 Å². The van der Waals surface area contributed by atoms with Gasteiger partial charge in [0.2, 0.25) is 0 Å². The van der Waals surface area contributed by atoms with E-state index in [0.717, 1.165) is 6.42 Å². The minimum Gasteiger partial charge on any atom is -0.361 e. The number of nitrogens with zero attached hydrogens (tertiary/aromatic N) is 1. The van der Waals surface area contributed by atoms with E-state index in [4.69, 9.17) is 4.52 Å². The van der Waals surface area contributed by atoms with Crippen LogP contribution in [0, 0.1) is 6.92 Å². The average Bonchev–Trinajstić information content (AvgIpc) is 2.47. The fourth-order valence-corrected chi connectivity index (χ4v) is 0.803. The Labute approximate surface area is 70.9 Å². The van der Waals surface area contributed by atoms with E-state index >= 15 is 0 Å². The van der Waals surface area contributed by atoms with Crippen molar-refractivity contribution in [3.05, 3.63) is 17.5 Å². The molecule has 1 rings (SSSR count). The van der Waals surface area contributed by atoms with Gasteiger partial charge < -0.3 is 9.84 Å². The first kappa shape index (κ1) is 8.77. The minimum absolute atomic E-state index is 0.172. The molecular weight excluding hydrogens is 156 g/mol. The maximum absolute atomic E-state index is 11.2. The zero-order valence-electron chi connectivity index (χ0n) is 7.26. The predicted octanol–water partition coefficient (Wildman–Crippen LogP) is 1.12. The Hall–Kier alpha value is -1.32. The topological polar surface area (TPSA) is 55.1 Å². The van der Waals surface area contributed by atoms with Crippen LogP contribution >= 0.6 is 0 Å². The number of carbonyl (C=O) groups is 1. The third-order valence-electron chi connectivity index (χ3n) is 1.40. The highest BCUT2D eigenvalue weighted by atomic mass is 16.5. The van der Waals surface area contributed by atoms with Gasteiger partial charge in [0, 0.05) is 12.6 Å². The van der Waals surface area contributed by atoms with Crippen LogP contribution in [0.15, 0.2) is 10.6 Å². The van der Waals surface area contributed by atoms with Crippen molar-refractivity contribution in [2.45, 2.75) is 20.3 Å². The molecule has 4 nitrogen and oxygen atoms in total. The highest BCUT2D eigenvalue weighted by Crippen LogP contribution is 2.00. The SMILES string of the molecule is CCCNC(=O)c1cc(C)on1. The van der Waals surface area contributed by atoms with Crippen molar-refractivity contribution in [2.24, 2.45) is 0 Å². The standard InChI is InChI=1S/C8H12N2O2/c1-3-4-9-8(11)7-5-6(2)12-10-7/h5H,3-4H2,1-2H3,(H,9,11). The van der Waals surface area contributed by atoms with Gasteiger partial charge in [-0.25, -0.2) is 0 Å². The fourth-order valence-electron chi connectivity index (χ4n) is 0.803. The summed E-state index contributed by atoms with van der Waals surface area (Å²) in [6.07, 6.45) is 0.919. The van der Waals surface area contributed by atoms with Crippen molar-refractivity contribution in [3.63, 3.8) is 0 Å². The van der Waals surface area contributed by atoms with Crippen LogP contribution < -0.4 is 5.32 Å². The quantitative estimate of drug-likeness (QED) is 0.735. The Balaban J connectivity index is 2.53. The fraction of sp³-hybridized carbons (Fsp3) is 0.500. The van der Waals surface area contributed by atoms with Crippen LogP contribution in [0.1, 0.15) is 29.6 Å². The number of hydrogen-bond donors (Lipinski definition) is 1. The molecule has 1 aromatic heterocycles. The molecule has 0 aliphatic carbocycles. The van der Waals surface area contributed by atoms with Gasteiger partial charge in [-0.15, -0.1) is 0 Å². The molecule has 0 atom stereocenters. The van der Waals surface area contributed by atoms with E-state index in [9.17, 15) is 4.79 Å². The average molecular weight is 168 g/mol. The molecule has 0 radical (unpaired) electrons. The smallest absolute Gasteiger partial charge is 0.273 e. The number of rotatable bonds is 3. The lowest BCUT2D eigenvalue weighted by molar-refractivity contribution is 0.0944. The largest absolute Gasteiger partial charge is 0.361 e. The summed E-state index contributed by atoms with van der Waals surface area (Å²) in [5.41, 5.74) is 0.348. The van der Waals surface area contributed by atoms with Crippen LogP contribution in [-0.4, -0.2) is 17.6 Å². The van der Waals surface area contributed by atoms with Crippen LogP contribution in [-0.2, 0) is 0 Å². The number of carbonyl (C=O) groups excluding carboxylic acids is 1. The molecule has 4 heteroatoms. The first-order chi connectivity index (χ1) is 5.74. The third kappa shape index (κ3) is 2.08. The van der Waals surface area contributed by atoms with Gasteiger partial charge in [-0.3, -0.25) is 4.79 Å². The van der Waals surface area contributed by atoms with Crippen LogP contribution in [0.2, 0.25) is 0 Å². The van der Waals surface area contributed by atoms with E-state index in [1.54, 1.807) is 13.0 Å². The van der Waals surface area contributed by atoms with Gasteiger partial charge in [-0.1, -0.05) is 12.1 Å². The van der Waals surface area contributed by atoms with Gasteiger partial charge in [-0.05, 0) is 13.3 Å². The zero-order valence-corrected chi connectivity index (χ0v) is 7.26. The number of aryl methyl sites for hydroxylation is 1. The second kappa shape index (κ2) is 3.90. The molecule has 0 fully saturated rings. The van der Waals surface area contributed by atoms with E-state index in [1.807, 2.05) is 6.92 Å². The number of nitrogens with one attached hydrogen (secondary N) is 1. The molecular formula is C8H12N2O2. The maximum atomic E-state index is 11.2. The van der Waals surface area contributed by atoms with E-state index in [0.29, 0.717) is 18.0 Å². The number of hydrogen-bond acceptors (Lipinski definition) is 3. The summed E-state index contributed by atoms with van der Waals surface area (Å²) in [6.45, 7) is 4.42. The van der Waals surface area contributed by atoms with Gasteiger partial charge in [0.15, 0.2) is 5.69 Å². The molecule has 0 aliphatic heterocycles. The predicted molar refractivity (Wildman–Crippen MR) is 43.9 cm³/mol. The van der Waals surface area contributed by atoms with Crippen LogP contribution in [0.4, 0.5) is 0 Å².